The molecule has 0 spiro atoms. The number of para-hydroxylation sites is 1. The Hall–Kier alpha value is 0.0290. The van der Waals surface area contributed by atoms with Crippen LogP contribution in [0, 0.1) is 0 Å². The van der Waals surface area contributed by atoms with E-state index in [0.717, 1.165) is 84.1 Å². The van der Waals surface area contributed by atoms with Crippen molar-refractivity contribution < 1.29 is 39.2 Å². The second-order valence-electron chi connectivity index (χ2n) is 11.9. The molecule has 42 heavy (non-hydrogen) atoms. The Balaban J connectivity index is 0.000000301. The minimum atomic E-state index is 0. The summed E-state index contributed by atoms with van der Waals surface area (Å²) in [6.45, 7) is 22.2. The summed E-state index contributed by atoms with van der Waals surface area (Å²) in [5.41, 5.74) is 1.07. The Morgan fingerprint density at radius 2 is 1.21 bits per heavy atom. The number of phenolic OH excluding ortho intramolecular Hbond substituents is 1. The van der Waals surface area contributed by atoms with Crippen LogP contribution in [0.5, 0.6) is 5.75 Å². The van der Waals surface area contributed by atoms with Gasteiger partial charge in [-0.2, -0.15) is 0 Å². The van der Waals surface area contributed by atoms with Crippen LogP contribution in [0.4, 0.5) is 0 Å². The van der Waals surface area contributed by atoms with Crippen LogP contribution in [0.25, 0.3) is 0 Å². The Labute approximate surface area is 281 Å². The zero-order valence-corrected chi connectivity index (χ0v) is 28.8. The fourth-order valence-corrected chi connectivity index (χ4v) is 6.45. The molecular weight excluding hydrogens is 634 g/mol. The fraction of sp³-hybridized carbons (Fsp3) is 0.800. The SMILES string of the molecule is C1CNCCN2CCCNCCN(C1)CC2.CN1CCN2CCN(Cc3ccccc3O)CCN(CC2)C(Cl)C1.[Mn+2].[Mn+2]. The molecule has 4 saturated heterocycles. The van der Waals surface area contributed by atoms with Gasteiger partial charge in [-0.05, 0) is 52.1 Å². The molecular formula is C30H55ClMn2N8O+4. The topological polar surface area (TPSA) is 63.7 Å². The van der Waals surface area contributed by atoms with Crippen molar-refractivity contribution in [1.29, 1.82) is 0 Å². The molecule has 5 rings (SSSR count). The number of alkyl halides is 1. The van der Waals surface area contributed by atoms with Gasteiger partial charge in [0.15, 0.2) is 0 Å². The van der Waals surface area contributed by atoms with Crippen molar-refractivity contribution in [3.8, 4) is 5.75 Å². The van der Waals surface area contributed by atoms with Gasteiger partial charge in [0.05, 0.1) is 5.50 Å². The van der Waals surface area contributed by atoms with E-state index >= 15 is 0 Å². The van der Waals surface area contributed by atoms with Gasteiger partial charge >= 0.3 is 34.1 Å². The summed E-state index contributed by atoms with van der Waals surface area (Å²) < 4.78 is 0. The van der Waals surface area contributed by atoms with Crippen molar-refractivity contribution in [2.24, 2.45) is 0 Å². The predicted molar refractivity (Wildman–Crippen MR) is 166 cm³/mol. The quantitative estimate of drug-likeness (QED) is 0.239. The maximum atomic E-state index is 10.1. The second-order valence-corrected chi connectivity index (χ2v) is 12.4. The molecule has 1 aromatic carbocycles. The maximum Gasteiger partial charge on any atom is 2.00 e. The standard InChI is InChI=1S/C18H29ClN4O.C12H26N4.2Mn/c1-20-6-7-21-8-9-22(14-16-4-2-3-5-17(16)24)11-13-23(12-10-21)18(19)15-20;1-3-13-5-10-16-8-2-4-14-6-9-15(7-1)11-12-16;;/h2-5,18,24H,6-15H2,1H3;13-14H,1-12H2;;/q;;2*+2. The molecule has 0 amide bonds. The van der Waals surface area contributed by atoms with Crippen LogP contribution in [0.3, 0.4) is 0 Å². The number of nitrogens with one attached hydrogen (secondary N) is 2. The van der Waals surface area contributed by atoms with E-state index < -0.39 is 0 Å². The molecule has 3 N–H and O–H groups in total. The number of hydrogen-bond donors (Lipinski definition) is 3. The first-order chi connectivity index (χ1) is 19.6. The molecule has 0 aromatic heterocycles. The Kier molecular flexibility index (Phi) is 19.8. The molecule has 2 radical (unpaired) electrons. The van der Waals surface area contributed by atoms with Gasteiger partial charge in [0, 0.05) is 110 Å². The third kappa shape index (κ3) is 14.0. The molecule has 5 atom stereocenters. The summed E-state index contributed by atoms with van der Waals surface area (Å²) in [4.78, 5) is 14.9. The van der Waals surface area contributed by atoms with Crippen molar-refractivity contribution >= 4 is 11.6 Å². The summed E-state index contributed by atoms with van der Waals surface area (Å²) in [6.07, 6.45) is 2.58. The number of likely N-dealkylation sites (N-methyl/N-ethyl adjacent to an activating group) is 1. The van der Waals surface area contributed by atoms with Crippen LogP contribution in [0.15, 0.2) is 24.3 Å². The first-order valence-corrected chi connectivity index (χ1v) is 16.1. The van der Waals surface area contributed by atoms with E-state index in [1.54, 1.807) is 6.07 Å². The van der Waals surface area contributed by atoms with Crippen LogP contribution in [-0.2, 0) is 40.7 Å². The van der Waals surface area contributed by atoms with E-state index in [9.17, 15) is 5.11 Å². The summed E-state index contributed by atoms with van der Waals surface area (Å²) in [5.74, 6) is 0.393. The Bertz CT molecular complexity index is 810. The van der Waals surface area contributed by atoms with Crippen LogP contribution >= 0.6 is 11.6 Å². The van der Waals surface area contributed by atoms with Crippen molar-refractivity contribution in [1.82, 2.24) is 40.0 Å². The zero-order valence-electron chi connectivity index (χ0n) is 25.7. The summed E-state index contributed by atoms with van der Waals surface area (Å²) in [6, 6.07) is 7.65. The largest absolute Gasteiger partial charge is 2.00 e. The number of nitrogens with zero attached hydrogens (tertiary/aromatic N) is 6. The van der Waals surface area contributed by atoms with Crippen molar-refractivity contribution in [3.05, 3.63) is 29.8 Å². The van der Waals surface area contributed by atoms with Gasteiger partial charge < -0.3 is 30.4 Å². The normalized spacial score (nSPS) is 30.7. The Morgan fingerprint density at radius 3 is 1.88 bits per heavy atom. The molecule has 9 nitrogen and oxygen atoms in total. The van der Waals surface area contributed by atoms with Crippen molar-refractivity contribution in [2.75, 3.05) is 131 Å². The maximum absolute atomic E-state index is 10.1. The number of halogens is 1. The summed E-state index contributed by atoms with van der Waals surface area (Å²) in [7, 11) is 2.16. The zero-order chi connectivity index (χ0) is 28.0. The Morgan fingerprint density at radius 1 is 0.690 bits per heavy atom. The number of hydrogen-bond acceptors (Lipinski definition) is 9. The molecule has 1 aromatic rings. The molecule has 0 saturated carbocycles. The van der Waals surface area contributed by atoms with Gasteiger partial charge in [-0.15, -0.1) is 11.6 Å². The smallest absolute Gasteiger partial charge is 0.508 e. The average Bonchev–Trinajstić information content (AvgIpc) is 3.10. The van der Waals surface area contributed by atoms with Crippen LogP contribution < -0.4 is 10.6 Å². The van der Waals surface area contributed by atoms with Gasteiger partial charge in [-0.1, -0.05) is 18.2 Å². The van der Waals surface area contributed by atoms with Gasteiger partial charge in [-0.25, -0.2) is 0 Å². The molecule has 4 fully saturated rings. The van der Waals surface area contributed by atoms with E-state index in [4.69, 9.17) is 11.6 Å². The third-order valence-electron chi connectivity index (χ3n) is 8.78. The first-order valence-electron chi connectivity index (χ1n) is 15.7. The van der Waals surface area contributed by atoms with Gasteiger partial charge in [-0.3, -0.25) is 14.7 Å². The molecule has 12 heteroatoms. The number of fused-ring (bicyclic) bond motifs is 6. The molecule has 4 bridgehead atoms. The third-order valence-corrected chi connectivity index (χ3v) is 9.19. The van der Waals surface area contributed by atoms with Crippen LogP contribution in [0.1, 0.15) is 18.4 Å². The monoisotopic (exact) mass is 688 g/mol. The van der Waals surface area contributed by atoms with Gasteiger partial charge in [0.25, 0.3) is 0 Å². The number of rotatable bonds is 2. The average molecular weight is 689 g/mol. The number of benzene rings is 1. The van der Waals surface area contributed by atoms with Gasteiger partial charge in [0.1, 0.15) is 5.75 Å². The van der Waals surface area contributed by atoms with Gasteiger partial charge in [0.2, 0.25) is 0 Å². The molecule has 4 aliphatic rings. The molecule has 4 heterocycles. The minimum absolute atomic E-state index is 0. The molecule has 4 aliphatic heterocycles. The predicted octanol–water partition coefficient (Wildman–Crippen LogP) is 0.894. The number of aromatic hydroxyl groups is 1. The van der Waals surface area contributed by atoms with Crippen molar-refractivity contribution in [3.63, 3.8) is 0 Å². The fourth-order valence-electron chi connectivity index (χ4n) is 6.01. The van der Waals surface area contributed by atoms with E-state index in [1.165, 1.54) is 65.2 Å². The van der Waals surface area contributed by atoms with E-state index in [0.29, 0.717) is 5.75 Å². The van der Waals surface area contributed by atoms with E-state index in [-0.39, 0.29) is 39.6 Å². The van der Waals surface area contributed by atoms with E-state index in [2.05, 4.69) is 47.1 Å². The number of phenols is 1. The van der Waals surface area contributed by atoms with E-state index in [1.807, 2.05) is 18.2 Å². The second kappa shape index (κ2) is 21.7. The first kappa shape index (κ1) is 38.2. The molecule has 238 valence electrons. The van der Waals surface area contributed by atoms with Crippen LogP contribution in [-0.4, -0.2) is 171 Å². The summed E-state index contributed by atoms with van der Waals surface area (Å²) >= 11 is 6.67. The summed E-state index contributed by atoms with van der Waals surface area (Å²) in [5, 5.41) is 17.1. The molecule has 5 unspecified atom stereocenters. The van der Waals surface area contributed by atoms with Crippen LogP contribution in [0.2, 0.25) is 0 Å². The van der Waals surface area contributed by atoms with Crippen molar-refractivity contribution in [2.45, 2.75) is 24.9 Å². The minimum Gasteiger partial charge on any atom is -0.508 e. The molecule has 0 aliphatic carbocycles.